The van der Waals surface area contributed by atoms with E-state index in [9.17, 15) is 0 Å². The molecule has 0 spiro atoms. The number of hydrogen-bond donors (Lipinski definition) is 2. The van der Waals surface area contributed by atoms with Crippen LogP contribution in [0, 0.1) is 6.92 Å². The molecule has 1 atom stereocenters. The molecule has 1 aromatic carbocycles. The molecular weight excluding hydrogens is 348 g/mol. The second-order valence-electron chi connectivity index (χ2n) is 6.76. The molecule has 0 bridgehead atoms. The second kappa shape index (κ2) is 9.69. The Labute approximate surface area is 166 Å². The third-order valence-corrected chi connectivity index (χ3v) is 4.59. The van der Waals surface area contributed by atoms with E-state index in [2.05, 4.69) is 64.8 Å². The quantitative estimate of drug-likeness (QED) is 0.490. The summed E-state index contributed by atoms with van der Waals surface area (Å²) in [6.45, 7) is 8.47. The van der Waals surface area contributed by atoms with Crippen molar-refractivity contribution in [2.45, 2.75) is 33.2 Å². The molecule has 0 aliphatic rings. The Morgan fingerprint density at radius 2 is 1.93 bits per heavy atom. The van der Waals surface area contributed by atoms with Crippen molar-refractivity contribution in [2.75, 3.05) is 13.1 Å². The summed E-state index contributed by atoms with van der Waals surface area (Å²) in [5.74, 6) is 3.01. The molecular formula is C22H28N6. The zero-order valence-electron chi connectivity index (χ0n) is 16.8. The minimum Gasteiger partial charge on any atom is -0.357 e. The Bertz CT molecular complexity index is 883. The predicted molar refractivity (Wildman–Crippen MR) is 114 cm³/mol. The number of benzene rings is 1. The first-order chi connectivity index (χ1) is 13.7. The molecule has 146 valence electrons. The first-order valence-corrected chi connectivity index (χ1v) is 9.69. The van der Waals surface area contributed by atoms with Crippen LogP contribution in [0.15, 0.2) is 66.0 Å². The number of hydrogen-bond acceptors (Lipinski definition) is 3. The normalized spacial score (nSPS) is 12.6. The van der Waals surface area contributed by atoms with Gasteiger partial charge in [-0.05, 0) is 37.0 Å². The molecule has 0 saturated carbocycles. The molecule has 1 unspecified atom stereocenters. The first kappa shape index (κ1) is 19.6. The third kappa shape index (κ3) is 5.19. The SMILES string of the molecule is CCNC(=NCc1ccc(-n2ccnc2C)nc1)NCC(C)c1ccccc1. The van der Waals surface area contributed by atoms with Gasteiger partial charge >= 0.3 is 0 Å². The molecule has 6 nitrogen and oxygen atoms in total. The highest BCUT2D eigenvalue weighted by Crippen LogP contribution is 2.13. The van der Waals surface area contributed by atoms with Gasteiger partial charge in [0.25, 0.3) is 0 Å². The van der Waals surface area contributed by atoms with Gasteiger partial charge < -0.3 is 10.6 Å². The Morgan fingerprint density at radius 1 is 1.11 bits per heavy atom. The van der Waals surface area contributed by atoms with Crippen LogP contribution in [0.1, 0.15) is 36.7 Å². The van der Waals surface area contributed by atoms with E-state index in [0.29, 0.717) is 12.5 Å². The highest BCUT2D eigenvalue weighted by Gasteiger charge is 2.06. The van der Waals surface area contributed by atoms with Crippen molar-refractivity contribution in [3.05, 3.63) is 78.0 Å². The highest BCUT2D eigenvalue weighted by molar-refractivity contribution is 5.79. The Balaban J connectivity index is 1.60. The fourth-order valence-corrected chi connectivity index (χ4v) is 2.93. The summed E-state index contributed by atoms with van der Waals surface area (Å²) in [7, 11) is 0. The van der Waals surface area contributed by atoms with Crippen molar-refractivity contribution in [3.63, 3.8) is 0 Å². The van der Waals surface area contributed by atoms with Gasteiger partial charge in [-0.3, -0.25) is 4.57 Å². The molecule has 0 fully saturated rings. The van der Waals surface area contributed by atoms with Crippen LogP contribution in [0.3, 0.4) is 0 Å². The standard InChI is InChI=1S/C22H28N6/c1-4-23-22(26-14-17(2)20-8-6-5-7-9-20)27-16-19-10-11-21(25-15-19)28-13-12-24-18(28)3/h5-13,15,17H,4,14,16H2,1-3H3,(H2,23,26,27). The zero-order valence-corrected chi connectivity index (χ0v) is 16.8. The lowest BCUT2D eigenvalue weighted by Crippen LogP contribution is -2.39. The van der Waals surface area contributed by atoms with Crippen LogP contribution in [-0.2, 0) is 6.54 Å². The molecule has 2 aromatic heterocycles. The molecule has 2 heterocycles. The molecule has 28 heavy (non-hydrogen) atoms. The number of aromatic nitrogens is 3. The summed E-state index contributed by atoms with van der Waals surface area (Å²) < 4.78 is 1.96. The number of rotatable bonds is 7. The van der Waals surface area contributed by atoms with E-state index >= 15 is 0 Å². The van der Waals surface area contributed by atoms with Gasteiger partial charge in [-0.25, -0.2) is 15.0 Å². The van der Waals surface area contributed by atoms with Gasteiger partial charge in [0, 0.05) is 31.7 Å². The van der Waals surface area contributed by atoms with E-state index in [1.165, 1.54) is 5.56 Å². The predicted octanol–water partition coefficient (Wildman–Crippen LogP) is 3.43. The lowest BCUT2D eigenvalue weighted by atomic mass is 10.0. The van der Waals surface area contributed by atoms with Crippen molar-refractivity contribution in [1.29, 1.82) is 0 Å². The minimum atomic E-state index is 0.407. The van der Waals surface area contributed by atoms with Crippen molar-refractivity contribution < 1.29 is 0 Å². The molecule has 2 N–H and O–H groups in total. The van der Waals surface area contributed by atoms with Crippen LogP contribution in [0.25, 0.3) is 5.82 Å². The summed E-state index contributed by atoms with van der Waals surface area (Å²) in [5, 5.41) is 6.74. The summed E-state index contributed by atoms with van der Waals surface area (Å²) in [5.41, 5.74) is 2.38. The van der Waals surface area contributed by atoms with Crippen LogP contribution in [0.4, 0.5) is 0 Å². The maximum Gasteiger partial charge on any atom is 0.191 e. The lowest BCUT2D eigenvalue weighted by molar-refractivity contribution is 0.699. The molecule has 6 heteroatoms. The van der Waals surface area contributed by atoms with E-state index in [0.717, 1.165) is 36.3 Å². The Morgan fingerprint density at radius 3 is 2.57 bits per heavy atom. The van der Waals surface area contributed by atoms with E-state index in [4.69, 9.17) is 4.99 Å². The fraction of sp³-hybridized carbons (Fsp3) is 0.318. The monoisotopic (exact) mass is 376 g/mol. The zero-order chi connectivity index (χ0) is 19.8. The van der Waals surface area contributed by atoms with Gasteiger partial charge in [-0.15, -0.1) is 0 Å². The minimum absolute atomic E-state index is 0.407. The molecule has 0 amide bonds. The van der Waals surface area contributed by atoms with Crippen molar-refractivity contribution in [3.8, 4) is 5.82 Å². The average Bonchev–Trinajstić information content (AvgIpc) is 3.16. The smallest absolute Gasteiger partial charge is 0.191 e. The summed E-state index contributed by atoms with van der Waals surface area (Å²) in [6.07, 6.45) is 5.56. The van der Waals surface area contributed by atoms with E-state index in [1.807, 2.05) is 36.0 Å². The summed E-state index contributed by atoms with van der Waals surface area (Å²) in [4.78, 5) is 13.5. The lowest BCUT2D eigenvalue weighted by Gasteiger charge is -2.16. The molecule has 0 aliphatic heterocycles. The molecule has 0 saturated heterocycles. The van der Waals surface area contributed by atoms with Gasteiger partial charge in [0.1, 0.15) is 11.6 Å². The highest BCUT2D eigenvalue weighted by atomic mass is 15.2. The van der Waals surface area contributed by atoms with Crippen LogP contribution < -0.4 is 10.6 Å². The van der Waals surface area contributed by atoms with Crippen LogP contribution in [-0.4, -0.2) is 33.6 Å². The van der Waals surface area contributed by atoms with E-state index in [1.54, 1.807) is 6.20 Å². The van der Waals surface area contributed by atoms with E-state index in [-0.39, 0.29) is 0 Å². The topological polar surface area (TPSA) is 67.1 Å². The van der Waals surface area contributed by atoms with Gasteiger partial charge in [0.15, 0.2) is 5.96 Å². The molecule has 3 rings (SSSR count). The molecule has 0 radical (unpaired) electrons. The van der Waals surface area contributed by atoms with Crippen molar-refractivity contribution in [2.24, 2.45) is 4.99 Å². The Hall–Kier alpha value is -3.15. The summed E-state index contributed by atoms with van der Waals surface area (Å²) >= 11 is 0. The third-order valence-electron chi connectivity index (χ3n) is 4.59. The van der Waals surface area contributed by atoms with Crippen LogP contribution in [0.5, 0.6) is 0 Å². The first-order valence-electron chi connectivity index (χ1n) is 9.69. The van der Waals surface area contributed by atoms with E-state index < -0.39 is 0 Å². The van der Waals surface area contributed by atoms with Crippen LogP contribution >= 0.6 is 0 Å². The van der Waals surface area contributed by atoms with Crippen molar-refractivity contribution >= 4 is 5.96 Å². The Kier molecular flexibility index (Phi) is 6.78. The number of nitrogens with one attached hydrogen (secondary N) is 2. The number of pyridine rings is 1. The number of nitrogens with zero attached hydrogens (tertiary/aromatic N) is 4. The number of imidazole rings is 1. The number of aryl methyl sites for hydroxylation is 1. The maximum atomic E-state index is 4.69. The number of aliphatic imine (C=N–C) groups is 1. The maximum absolute atomic E-state index is 4.69. The molecule has 0 aliphatic carbocycles. The average molecular weight is 377 g/mol. The van der Waals surface area contributed by atoms with Crippen molar-refractivity contribution in [1.82, 2.24) is 25.2 Å². The number of guanidine groups is 1. The largest absolute Gasteiger partial charge is 0.357 e. The van der Waals surface area contributed by atoms with Gasteiger partial charge in [-0.2, -0.15) is 0 Å². The molecule has 3 aromatic rings. The fourth-order valence-electron chi connectivity index (χ4n) is 2.93. The van der Waals surface area contributed by atoms with Gasteiger partial charge in [0.2, 0.25) is 0 Å². The van der Waals surface area contributed by atoms with Gasteiger partial charge in [-0.1, -0.05) is 43.3 Å². The van der Waals surface area contributed by atoms with Crippen LogP contribution in [0.2, 0.25) is 0 Å². The van der Waals surface area contributed by atoms with Gasteiger partial charge in [0.05, 0.1) is 6.54 Å². The second-order valence-corrected chi connectivity index (χ2v) is 6.76. The summed E-state index contributed by atoms with van der Waals surface area (Å²) in [6, 6.07) is 14.6.